The predicted molar refractivity (Wildman–Crippen MR) is 70.8 cm³/mol. The minimum Gasteiger partial charge on any atom is -0.326 e. The second-order valence-electron chi connectivity index (χ2n) is 4.26. The number of halogens is 1. The van der Waals surface area contributed by atoms with Gasteiger partial charge in [0.15, 0.2) is 0 Å². The third kappa shape index (κ3) is 4.29. The quantitative estimate of drug-likeness (QED) is 0.868. The zero-order valence-corrected chi connectivity index (χ0v) is 11.8. The summed E-state index contributed by atoms with van der Waals surface area (Å²) in [6.45, 7) is 4.80. The average molecular weight is 288 g/mol. The second kappa shape index (κ2) is 6.12. The van der Waals surface area contributed by atoms with Gasteiger partial charge in [-0.3, -0.25) is 4.79 Å². The van der Waals surface area contributed by atoms with Crippen LogP contribution in [0.2, 0.25) is 0 Å². The fraction of sp³-hybridized carbons (Fsp3) is 0.417. The van der Waals surface area contributed by atoms with Crippen molar-refractivity contribution in [3.63, 3.8) is 0 Å². The molecule has 0 radical (unpaired) electrons. The van der Waals surface area contributed by atoms with Crippen LogP contribution in [-0.2, 0) is 14.8 Å². The summed E-state index contributed by atoms with van der Waals surface area (Å²) in [7, 11) is -3.89. The maximum absolute atomic E-state index is 13.8. The number of sulfonamides is 1. The van der Waals surface area contributed by atoms with E-state index in [1.165, 1.54) is 13.0 Å². The lowest BCUT2D eigenvalue weighted by atomic mass is 10.3. The zero-order valence-electron chi connectivity index (χ0n) is 11.0. The Bertz CT molecular complexity index is 572. The normalized spacial score (nSPS) is 13.1. The van der Waals surface area contributed by atoms with E-state index in [0.717, 1.165) is 12.1 Å². The molecule has 1 rings (SSSR count). The Hall–Kier alpha value is -1.47. The van der Waals surface area contributed by atoms with Crippen molar-refractivity contribution in [2.24, 2.45) is 0 Å². The number of benzene rings is 1. The molecule has 1 aromatic rings. The van der Waals surface area contributed by atoms with E-state index in [1.807, 2.05) is 6.92 Å². The molecule has 0 bridgehead atoms. The SMILES string of the molecule is CCC(C)NS(=O)(=O)c1ccc(NC(C)=O)cc1F. The highest BCUT2D eigenvalue weighted by molar-refractivity contribution is 7.89. The Morgan fingerprint density at radius 1 is 1.42 bits per heavy atom. The molecule has 0 fully saturated rings. The molecule has 0 aromatic heterocycles. The van der Waals surface area contributed by atoms with Crippen LogP contribution < -0.4 is 10.0 Å². The molecule has 1 unspecified atom stereocenters. The van der Waals surface area contributed by atoms with Gasteiger partial charge >= 0.3 is 0 Å². The molecular formula is C12H17FN2O3S. The summed E-state index contributed by atoms with van der Waals surface area (Å²) >= 11 is 0. The van der Waals surface area contributed by atoms with Crippen LogP contribution in [-0.4, -0.2) is 20.4 Å². The first kappa shape index (κ1) is 15.6. The number of nitrogens with one attached hydrogen (secondary N) is 2. The Balaban J connectivity index is 3.05. The molecule has 0 saturated heterocycles. The maximum Gasteiger partial charge on any atom is 0.243 e. The Kier molecular flexibility index (Phi) is 5.02. The Labute approximate surface area is 112 Å². The minimum absolute atomic E-state index is 0.215. The van der Waals surface area contributed by atoms with Crippen molar-refractivity contribution >= 4 is 21.6 Å². The van der Waals surface area contributed by atoms with Gasteiger partial charge in [-0.1, -0.05) is 6.92 Å². The van der Waals surface area contributed by atoms with Crippen LogP contribution in [0.15, 0.2) is 23.1 Å². The van der Waals surface area contributed by atoms with Gasteiger partial charge in [0.25, 0.3) is 0 Å². The minimum atomic E-state index is -3.89. The van der Waals surface area contributed by atoms with Crippen LogP contribution in [0, 0.1) is 5.82 Å². The van der Waals surface area contributed by atoms with Gasteiger partial charge < -0.3 is 5.32 Å². The second-order valence-corrected chi connectivity index (χ2v) is 5.94. The van der Waals surface area contributed by atoms with Crippen LogP contribution >= 0.6 is 0 Å². The maximum atomic E-state index is 13.8. The lowest BCUT2D eigenvalue weighted by Gasteiger charge is -2.13. The average Bonchev–Trinajstić information content (AvgIpc) is 2.26. The smallest absolute Gasteiger partial charge is 0.243 e. The summed E-state index contributed by atoms with van der Waals surface area (Å²) in [5, 5.41) is 2.38. The molecule has 0 saturated carbocycles. The molecule has 1 amide bonds. The van der Waals surface area contributed by atoms with Crippen LogP contribution in [0.25, 0.3) is 0 Å². The van der Waals surface area contributed by atoms with Crippen molar-refractivity contribution < 1.29 is 17.6 Å². The lowest BCUT2D eigenvalue weighted by Crippen LogP contribution is -2.32. The summed E-state index contributed by atoms with van der Waals surface area (Å²) < 4.78 is 40.0. The van der Waals surface area contributed by atoms with Crippen LogP contribution in [0.3, 0.4) is 0 Å². The molecule has 0 aliphatic heterocycles. The van der Waals surface area contributed by atoms with Crippen LogP contribution in [0.5, 0.6) is 0 Å². The van der Waals surface area contributed by atoms with Crippen LogP contribution in [0.4, 0.5) is 10.1 Å². The number of rotatable bonds is 5. The molecular weight excluding hydrogens is 271 g/mol. The van der Waals surface area contributed by atoms with Gasteiger partial charge in [0, 0.05) is 18.7 Å². The zero-order chi connectivity index (χ0) is 14.6. The van der Waals surface area contributed by atoms with E-state index in [1.54, 1.807) is 6.92 Å². The summed E-state index contributed by atoms with van der Waals surface area (Å²) in [5.41, 5.74) is 0.215. The number of amides is 1. The first-order chi connectivity index (χ1) is 8.76. The third-order valence-corrected chi connectivity index (χ3v) is 4.13. The third-order valence-electron chi connectivity index (χ3n) is 2.51. The molecule has 106 valence electrons. The highest BCUT2D eigenvalue weighted by Gasteiger charge is 2.21. The fourth-order valence-corrected chi connectivity index (χ4v) is 2.80. The van der Waals surface area contributed by atoms with Gasteiger partial charge in [-0.2, -0.15) is 0 Å². The lowest BCUT2D eigenvalue weighted by molar-refractivity contribution is -0.114. The highest BCUT2D eigenvalue weighted by Crippen LogP contribution is 2.19. The van der Waals surface area contributed by atoms with E-state index >= 15 is 0 Å². The van der Waals surface area contributed by atoms with Crippen molar-refractivity contribution in [1.29, 1.82) is 0 Å². The van der Waals surface area contributed by atoms with Gasteiger partial charge in [0.2, 0.25) is 15.9 Å². The van der Waals surface area contributed by atoms with E-state index in [9.17, 15) is 17.6 Å². The van der Waals surface area contributed by atoms with E-state index in [4.69, 9.17) is 0 Å². The molecule has 2 N–H and O–H groups in total. The largest absolute Gasteiger partial charge is 0.326 e. The molecule has 0 aliphatic carbocycles. The molecule has 0 aliphatic rings. The molecule has 7 heteroatoms. The number of anilines is 1. The van der Waals surface area contributed by atoms with Gasteiger partial charge in [-0.05, 0) is 31.5 Å². The molecule has 19 heavy (non-hydrogen) atoms. The number of hydrogen-bond donors (Lipinski definition) is 2. The van der Waals surface area contributed by atoms with Gasteiger partial charge in [0.05, 0.1) is 0 Å². The van der Waals surface area contributed by atoms with Gasteiger partial charge in [-0.25, -0.2) is 17.5 Å². The van der Waals surface area contributed by atoms with Crippen molar-refractivity contribution in [2.75, 3.05) is 5.32 Å². The van der Waals surface area contributed by atoms with E-state index in [-0.39, 0.29) is 17.6 Å². The Morgan fingerprint density at radius 2 is 2.05 bits per heavy atom. The summed E-state index contributed by atoms with van der Waals surface area (Å²) in [6, 6.07) is 3.17. The first-order valence-electron chi connectivity index (χ1n) is 5.85. The topological polar surface area (TPSA) is 75.3 Å². The summed E-state index contributed by atoms with van der Waals surface area (Å²) in [4.78, 5) is 10.4. The standard InChI is InChI=1S/C12H17FN2O3S/c1-4-8(2)15-19(17,18)12-6-5-10(7-11(12)13)14-9(3)16/h5-8,15H,4H2,1-3H3,(H,14,16). The van der Waals surface area contributed by atoms with Crippen molar-refractivity contribution in [3.8, 4) is 0 Å². The Morgan fingerprint density at radius 3 is 2.53 bits per heavy atom. The van der Waals surface area contributed by atoms with Crippen molar-refractivity contribution in [2.45, 2.75) is 38.1 Å². The molecule has 5 nitrogen and oxygen atoms in total. The predicted octanol–water partition coefficient (Wildman–Crippen LogP) is 1.86. The highest BCUT2D eigenvalue weighted by atomic mass is 32.2. The monoisotopic (exact) mass is 288 g/mol. The number of hydrogen-bond acceptors (Lipinski definition) is 3. The number of carbonyl (C=O) groups is 1. The fourth-order valence-electron chi connectivity index (χ4n) is 1.41. The van der Waals surface area contributed by atoms with Crippen molar-refractivity contribution in [1.82, 2.24) is 4.72 Å². The van der Waals surface area contributed by atoms with Crippen LogP contribution in [0.1, 0.15) is 27.2 Å². The van der Waals surface area contributed by atoms with E-state index in [2.05, 4.69) is 10.0 Å². The first-order valence-corrected chi connectivity index (χ1v) is 7.34. The van der Waals surface area contributed by atoms with E-state index < -0.39 is 20.7 Å². The van der Waals surface area contributed by atoms with Gasteiger partial charge in [0.1, 0.15) is 10.7 Å². The van der Waals surface area contributed by atoms with Gasteiger partial charge in [-0.15, -0.1) is 0 Å². The van der Waals surface area contributed by atoms with Crippen molar-refractivity contribution in [3.05, 3.63) is 24.0 Å². The molecule has 1 aromatic carbocycles. The molecule has 1 atom stereocenters. The van der Waals surface area contributed by atoms with E-state index in [0.29, 0.717) is 6.42 Å². The molecule has 0 spiro atoms. The number of carbonyl (C=O) groups excluding carboxylic acids is 1. The molecule has 0 heterocycles. The summed E-state index contributed by atoms with van der Waals surface area (Å²) in [6.07, 6.45) is 0.602. The summed E-state index contributed by atoms with van der Waals surface area (Å²) in [5.74, 6) is -1.25.